The second-order valence-corrected chi connectivity index (χ2v) is 8.54. The van der Waals surface area contributed by atoms with Gasteiger partial charge in [0.2, 0.25) is 0 Å². The van der Waals surface area contributed by atoms with Crippen molar-refractivity contribution in [3.8, 4) is 0 Å². The summed E-state index contributed by atoms with van der Waals surface area (Å²) in [7, 11) is 0. The minimum atomic E-state index is -0.581. The van der Waals surface area contributed by atoms with Gasteiger partial charge in [0, 0.05) is 19.0 Å². The van der Waals surface area contributed by atoms with Crippen molar-refractivity contribution in [1.29, 1.82) is 0 Å². The molecule has 1 aromatic rings. The first kappa shape index (κ1) is 22.2. The van der Waals surface area contributed by atoms with E-state index in [-0.39, 0.29) is 17.9 Å². The van der Waals surface area contributed by atoms with Gasteiger partial charge in [0.05, 0.1) is 12.6 Å². The number of ether oxygens (including phenoxy) is 1. The van der Waals surface area contributed by atoms with E-state index in [2.05, 4.69) is 31.0 Å². The van der Waals surface area contributed by atoms with Crippen molar-refractivity contribution in [2.24, 2.45) is 10.9 Å². The van der Waals surface area contributed by atoms with E-state index < -0.39 is 11.7 Å². The van der Waals surface area contributed by atoms with Gasteiger partial charge in [-0.3, -0.25) is 4.99 Å². The lowest BCUT2D eigenvalue weighted by atomic mass is 9.77. The molecule has 3 atom stereocenters. The molecule has 2 rings (SSSR count). The average molecular weight is 387 g/mol. The summed E-state index contributed by atoms with van der Waals surface area (Å²) in [6.45, 7) is 12.6. The maximum absolute atomic E-state index is 12.3. The van der Waals surface area contributed by atoms with E-state index in [4.69, 9.17) is 4.74 Å². The molecular weight excluding hydrogens is 352 g/mol. The first-order valence-corrected chi connectivity index (χ1v) is 10.0. The second-order valence-electron chi connectivity index (χ2n) is 8.54. The topological polar surface area (TPSA) is 62.1 Å². The van der Waals surface area contributed by atoms with Crippen molar-refractivity contribution in [3.05, 3.63) is 41.6 Å². The highest BCUT2D eigenvalue weighted by atomic mass is 16.6. The van der Waals surface area contributed by atoms with E-state index >= 15 is 0 Å². The fourth-order valence-electron chi connectivity index (χ4n) is 3.77. The number of β-amino-alcohol motifs (C(OH)–C–C–N with tert-alkyl or cyclic N) is 1. The van der Waals surface area contributed by atoms with E-state index in [1.165, 1.54) is 5.56 Å². The zero-order chi connectivity index (χ0) is 20.9. The maximum Gasteiger partial charge on any atom is 0.410 e. The van der Waals surface area contributed by atoms with E-state index in [0.29, 0.717) is 13.1 Å². The smallest absolute Gasteiger partial charge is 0.410 e. The zero-order valence-corrected chi connectivity index (χ0v) is 18.0. The molecule has 1 aliphatic rings. The van der Waals surface area contributed by atoms with Gasteiger partial charge in [0.25, 0.3) is 0 Å². The number of aliphatic hydroxyl groups excluding tert-OH is 1. The van der Waals surface area contributed by atoms with Crippen molar-refractivity contribution in [1.82, 2.24) is 4.90 Å². The van der Waals surface area contributed by atoms with Gasteiger partial charge < -0.3 is 14.7 Å². The standard InChI is InChI=1S/C23H34N2O3/c1-7-24-14-16(2)18-10-8-9-11-19(18)17(3)20-12-13-25(15-21(20)26)22(27)28-23(4,5)6/h7-11,14,17,20-21,26H,12-13,15H2,1-6H3/b16-14+,24-7?. The summed E-state index contributed by atoms with van der Waals surface area (Å²) in [5, 5.41) is 10.8. The van der Waals surface area contributed by atoms with Crippen LogP contribution < -0.4 is 0 Å². The third-order valence-electron chi connectivity index (χ3n) is 5.22. The Kier molecular flexibility index (Phi) is 7.41. The quantitative estimate of drug-likeness (QED) is 0.752. The lowest BCUT2D eigenvalue weighted by Crippen LogP contribution is -2.49. The molecule has 1 N–H and O–H groups in total. The number of rotatable bonds is 4. The number of likely N-dealkylation sites (tertiary alicyclic amines) is 1. The number of nitrogens with zero attached hydrogens (tertiary/aromatic N) is 2. The van der Waals surface area contributed by atoms with Crippen LogP contribution in [0.2, 0.25) is 0 Å². The lowest BCUT2D eigenvalue weighted by molar-refractivity contribution is -0.0167. The molecule has 1 aromatic carbocycles. The SMILES string of the molecule is CC=N/C=C(\C)c1ccccc1C(C)C1CCN(C(=O)OC(C)(C)C)CC1O. The van der Waals surface area contributed by atoms with E-state index in [0.717, 1.165) is 17.6 Å². The van der Waals surface area contributed by atoms with Crippen LogP contribution >= 0.6 is 0 Å². The zero-order valence-electron chi connectivity index (χ0n) is 18.0. The summed E-state index contributed by atoms with van der Waals surface area (Å²) in [6.07, 6.45) is 3.45. The third-order valence-corrected chi connectivity index (χ3v) is 5.22. The highest BCUT2D eigenvalue weighted by molar-refractivity contribution is 5.69. The third kappa shape index (κ3) is 5.68. The largest absolute Gasteiger partial charge is 0.444 e. The molecule has 0 aliphatic carbocycles. The Morgan fingerprint density at radius 2 is 2.04 bits per heavy atom. The molecule has 28 heavy (non-hydrogen) atoms. The number of carbonyl (C=O) groups excluding carboxylic acids is 1. The Balaban J connectivity index is 2.15. The number of benzene rings is 1. The first-order chi connectivity index (χ1) is 13.1. The fourth-order valence-corrected chi connectivity index (χ4v) is 3.77. The minimum Gasteiger partial charge on any atom is -0.444 e. The molecule has 154 valence electrons. The van der Waals surface area contributed by atoms with Crippen LogP contribution in [0.5, 0.6) is 0 Å². The summed E-state index contributed by atoms with van der Waals surface area (Å²) in [5.74, 6) is 0.253. The van der Waals surface area contributed by atoms with Gasteiger partial charge in [-0.2, -0.15) is 0 Å². The Labute approximate surface area is 169 Å². The van der Waals surface area contributed by atoms with Crippen molar-refractivity contribution >= 4 is 17.9 Å². The number of aliphatic imine (C=N–C) groups is 1. The van der Waals surface area contributed by atoms with Gasteiger partial charge in [-0.25, -0.2) is 4.79 Å². The number of hydrogen-bond acceptors (Lipinski definition) is 4. The van der Waals surface area contributed by atoms with Crippen LogP contribution in [0.25, 0.3) is 5.57 Å². The molecule has 1 fully saturated rings. The summed E-state index contributed by atoms with van der Waals surface area (Å²) in [6, 6.07) is 8.29. The van der Waals surface area contributed by atoms with Crippen LogP contribution in [0.3, 0.4) is 0 Å². The molecule has 1 amide bonds. The van der Waals surface area contributed by atoms with Gasteiger partial charge in [0.1, 0.15) is 5.60 Å². The van der Waals surface area contributed by atoms with Gasteiger partial charge in [0.15, 0.2) is 0 Å². The number of amides is 1. The molecule has 0 radical (unpaired) electrons. The molecule has 0 bridgehead atoms. The van der Waals surface area contributed by atoms with E-state index in [9.17, 15) is 9.90 Å². The maximum atomic E-state index is 12.3. The monoisotopic (exact) mass is 386 g/mol. The van der Waals surface area contributed by atoms with Crippen molar-refractivity contribution in [2.45, 2.75) is 65.6 Å². The van der Waals surface area contributed by atoms with Crippen molar-refractivity contribution in [3.63, 3.8) is 0 Å². The lowest BCUT2D eigenvalue weighted by Gasteiger charge is -2.39. The van der Waals surface area contributed by atoms with Gasteiger partial charge in [-0.05, 0) is 69.6 Å². The van der Waals surface area contributed by atoms with Crippen LogP contribution in [-0.2, 0) is 4.74 Å². The number of carbonyl (C=O) groups is 1. The van der Waals surface area contributed by atoms with Gasteiger partial charge in [-0.15, -0.1) is 0 Å². The number of allylic oxidation sites excluding steroid dienone is 1. The van der Waals surface area contributed by atoms with Gasteiger partial charge in [-0.1, -0.05) is 31.2 Å². The van der Waals surface area contributed by atoms with Crippen LogP contribution in [-0.4, -0.2) is 47.1 Å². The molecule has 5 nitrogen and oxygen atoms in total. The Morgan fingerprint density at radius 1 is 1.36 bits per heavy atom. The molecule has 5 heteroatoms. The highest BCUT2D eigenvalue weighted by Gasteiger charge is 2.36. The molecular formula is C23H34N2O3. The van der Waals surface area contributed by atoms with Crippen LogP contribution in [0.4, 0.5) is 4.79 Å². The fraction of sp³-hybridized carbons (Fsp3) is 0.565. The Hall–Kier alpha value is -2.14. The molecule has 0 aromatic heterocycles. The van der Waals surface area contributed by atoms with Crippen LogP contribution in [0.1, 0.15) is 65.0 Å². The molecule has 3 unspecified atom stereocenters. The van der Waals surface area contributed by atoms with Crippen molar-refractivity contribution in [2.75, 3.05) is 13.1 Å². The minimum absolute atomic E-state index is 0.0855. The predicted octanol–water partition coefficient (Wildman–Crippen LogP) is 4.86. The van der Waals surface area contributed by atoms with Crippen molar-refractivity contribution < 1.29 is 14.6 Å². The summed E-state index contributed by atoms with van der Waals surface area (Å²) in [4.78, 5) is 18.2. The molecule has 1 heterocycles. The van der Waals surface area contributed by atoms with Gasteiger partial charge >= 0.3 is 6.09 Å². The number of hydrogen-bond donors (Lipinski definition) is 1. The molecule has 1 saturated heterocycles. The summed E-state index contributed by atoms with van der Waals surface area (Å²) < 4.78 is 5.45. The van der Waals surface area contributed by atoms with E-state index in [1.54, 1.807) is 11.1 Å². The average Bonchev–Trinajstić information content (AvgIpc) is 2.64. The second kappa shape index (κ2) is 9.37. The normalized spacial score (nSPS) is 22.4. The van der Waals surface area contributed by atoms with E-state index in [1.807, 2.05) is 46.0 Å². The highest BCUT2D eigenvalue weighted by Crippen LogP contribution is 2.36. The molecule has 1 aliphatic heterocycles. The molecule has 0 saturated carbocycles. The number of piperidine rings is 1. The predicted molar refractivity (Wildman–Crippen MR) is 115 cm³/mol. The number of aliphatic hydroxyl groups is 1. The van der Waals surface area contributed by atoms with Crippen LogP contribution in [0.15, 0.2) is 35.5 Å². The molecule has 0 spiro atoms. The Morgan fingerprint density at radius 3 is 2.64 bits per heavy atom. The Bertz CT molecular complexity index is 734. The summed E-state index contributed by atoms with van der Waals surface area (Å²) in [5.41, 5.74) is 2.93. The summed E-state index contributed by atoms with van der Waals surface area (Å²) >= 11 is 0. The first-order valence-electron chi connectivity index (χ1n) is 10.0. The van der Waals surface area contributed by atoms with Crippen LogP contribution in [0, 0.1) is 5.92 Å².